The van der Waals surface area contributed by atoms with Crippen LogP contribution >= 0.6 is 0 Å². The van der Waals surface area contributed by atoms with Crippen molar-refractivity contribution < 1.29 is 9.84 Å². The second-order valence-electron chi connectivity index (χ2n) is 4.98. The molecule has 1 aliphatic carbocycles. The molecule has 2 aliphatic rings. The summed E-state index contributed by atoms with van der Waals surface area (Å²) >= 11 is 0. The Hall–Kier alpha value is -0.120. The summed E-state index contributed by atoms with van der Waals surface area (Å²) in [6.45, 7) is 2.97. The average Bonchev–Trinajstić information content (AvgIpc) is 2.28. The minimum absolute atomic E-state index is 0.0639. The fourth-order valence-electron chi connectivity index (χ4n) is 2.63. The van der Waals surface area contributed by atoms with Crippen LogP contribution in [0.4, 0.5) is 0 Å². The van der Waals surface area contributed by atoms with Crippen LogP contribution in [0.25, 0.3) is 0 Å². The molecule has 1 saturated carbocycles. The molecule has 0 aromatic carbocycles. The van der Waals surface area contributed by atoms with E-state index in [2.05, 4.69) is 5.32 Å². The summed E-state index contributed by atoms with van der Waals surface area (Å²) in [5, 5.41) is 13.2. The zero-order valence-electron chi connectivity index (χ0n) is 9.45. The van der Waals surface area contributed by atoms with Gasteiger partial charge in [-0.1, -0.05) is 0 Å². The lowest BCUT2D eigenvalue weighted by molar-refractivity contribution is 0.0622. The molecule has 1 heterocycles. The number of hydrogen-bond acceptors (Lipinski definition) is 3. The van der Waals surface area contributed by atoms with Gasteiger partial charge in [-0.25, -0.2) is 0 Å². The van der Waals surface area contributed by atoms with E-state index in [1.54, 1.807) is 0 Å². The molecule has 0 aromatic heterocycles. The smallest absolute Gasteiger partial charge is 0.0555 e. The second kappa shape index (κ2) is 5.83. The van der Waals surface area contributed by atoms with Gasteiger partial charge in [0.05, 0.1) is 6.10 Å². The van der Waals surface area contributed by atoms with Crippen LogP contribution in [-0.4, -0.2) is 37.0 Å². The highest BCUT2D eigenvalue weighted by Crippen LogP contribution is 2.19. The highest BCUT2D eigenvalue weighted by Gasteiger charge is 2.21. The standard InChI is InChI=1S/C12H23NO2/c14-12-3-1-2-11(8-12)13-9-10-4-6-15-7-5-10/h10-14H,1-9H2. The van der Waals surface area contributed by atoms with Crippen molar-refractivity contribution in [2.45, 2.75) is 50.7 Å². The molecule has 3 nitrogen and oxygen atoms in total. The molecule has 0 aromatic rings. The minimum atomic E-state index is -0.0639. The molecule has 0 bridgehead atoms. The van der Waals surface area contributed by atoms with Gasteiger partial charge >= 0.3 is 0 Å². The first kappa shape index (κ1) is 11.4. The van der Waals surface area contributed by atoms with Gasteiger partial charge in [0, 0.05) is 19.3 Å². The predicted octanol–water partition coefficient (Wildman–Crippen LogP) is 1.31. The fourth-order valence-corrected chi connectivity index (χ4v) is 2.63. The Morgan fingerprint density at radius 3 is 2.67 bits per heavy atom. The van der Waals surface area contributed by atoms with Gasteiger partial charge in [-0.3, -0.25) is 0 Å². The first-order chi connectivity index (χ1) is 7.34. The third kappa shape index (κ3) is 3.74. The van der Waals surface area contributed by atoms with Crippen LogP contribution in [0.1, 0.15) is 38.5 Å². The molecule has 2 fully saturated rings. The van der Waals surface area contributed by atoms with Crippen LogP contribution in [0.5, 0.6) is 0 Å². The molecular formula is C12H23NO2. The third-order valence-electron chi connectivity index (χ3n) is 3.68. The molecule has 2 unspecified atom stereocenters. The van der Waals surface area contributed by atoms with E-state index < -0.39 is 0 Å². The van der Waals surface area contributed by atoms with E-state index in [1.807, 2.05) is 0 Å². The van der Waals surface area contributed by atoms with Crippen molar-refractivity contribution in [3.05, 3.63) is 0 Å². The van der Waals surface area contributed by atoms with Gasteiger partial charge in [-0.05, 0) is 51.0 Å². The van der Waals surface area contributed by atoms with Gasteiger partial charge in [0.1, 0.15) is 0 Å². The number of aliphatic hydroxyl groups is 1. The molecule has 0 amide bonds. The SMILES string of the molecule is OC1CCCC(NCC2CCOCC2)C1. The van der Waals surface area contributed by atoms with Crippen LogP contribution in [0.2, 0.25) is 0 Å². The Morgan fingerprint density at radius 2 is 1.93 bits per heavy atom. The van der Waals surface area contributed by atoms with Crippen LogP contribution in [0.3, 0.4) is 0 Å². The van der Waals surface area contributed by atoms with E-state index >= 15 is 0 Å². The Kier molecular flexibility index (Phi) is 4.42. The molecular weight excluding hydrogens is 190 g/mol. The summed E-state index contributed by atoms with van der Waals surface area (Å²) in [5.41, 5.74) is 0. The van der Waals surface area contributed by atoms with Crippen LogP contribution < -0.4 is 5.32 Å². The van der Waals surface area contributed by atoms with Crippen molar-refractivity contribution in [2.75, 3.05) is 19.8 Å². The number of nitrogens with one attached hydrogen (secondary N) is 1. The maximum atomic E-state index is 9.56. The Bertz CT molecular complexity index is 180. The Morgan fingerprint density at radius 1 is 1.13 bits per heavy atom. The number of ether oxygens (including phenoxy) is 1. The van der Waals surface area contributed by atoms with Gasteiger partial charge in [0.25, 0.3) is 0 Å². The summed E-state index contributed by atoms with van der Waals surface area (Å²) < 4.78 is 5.34. The average molecular weight is 213 g/mol. The highest BCUT2D eigenvalue weighted by molar-refractivity contribution is 4.78. The summed E-state index contributed by atoms with van der Waals surface area (Å²) in [7, 11) is 0. The van der Waals surface area contributed by atoms with Gasteiger partial charge in [-0.15, -0.1) is 0 Å². The molecule has 2 rings (SSSR count). The van der Waals surface area contributed by atoms with Crippen LogP contribution in [0.15, 0.2) is 0 Å². The molecule has 1 saturated heterocycles. The predicted molar refractivity (Wildman–Crippen MR) is 59.8 cm³/mol. The molecule has 2 N–H and O–H groups in total. The summed E-state index contributed by atoms with van der Waals surface area (Å²) in [4.78, 5) is 0. The summed E-state index contributed by atoms with van der Waals surface area (Å²) in [5.74, 6) is 0.790. The topological polar surface area (TPSA) is 41.5 Å². The van der Waals surface area contributed by atoms with Crippen molar-refractivity contribution in [3.8, 4) is 0 Å². The van der Waals surface area contributed by atoms with Crippen molar-refractivity contribution in [1.29, 1.82) is 0 Å². The third-order valence-corrected chi connectivity index (χ3v) is 3.68. The second-order valence-corrected chi connectivity index (χ2v) is 4.98. The van der Waals surface area contributed by atoms with E-state index in [4.69, 9.17) is 4.74 Å². The lowest BCUT2D eigenvalue weighted by atomic mass is 9.92. The van der Waals surface area contributed by atoms with E-state index in [-0.39, 0.29) is 6.10 Å². The zero-order chi connectivity index (χ0) is 10.5. The van der Waals surface area contributed by atoms with Crippen LogP contribution in [0, 0.1) is 5.92 Å². The molecule has 0 radical (unpaired) electrons. The molecule has 15 heavy (non-hydrogen) atoms. The van der Waals surface area contributed by atoms with Crippen molar-refractivity contribution in [2.24, 2.45) is 5.92 Å². The molecule has 2 atom stereocenters. The first-order valence-electron chi connectivity index (χ1n) is 6.34. The maximum absolute atomic E-state index is 9.56. The molecule has 88 valence electrons. The lowest BCUT2D eigenvalue weighted by Crippen LogP contribution is -2.39. The number of hydrogen-bond donors (Lipinski definition) is 2. The highest BCUT2D eigenvalue weighted by atomic mass is 16.5. The fraction of sp³-hybridized carbons (Fsp3) is 1.00. The van der Waals surface area contributed by atoms with Gasteiger partial charge in [-0.2, -0.15) is 0 Å². The Balaban J connectivity index is 1.63. The molecule has 0 spiro atoms. The van der Waals surface area contributed by atoms with Crippen molar-refractivity contribution in [3.63, 3.8) is 0 Å². The maximum Gasteiger partial charge on any atom is 0.0555 e. The van der Waals surface area contributed by atoms with Crippen LogP contribution in [-0.2, 0) is 4.74 Å². The summed E-state index contributed by atoms with van der Waals surface area (Å²) in [6, 6.07) is 0.552. The van der Waals surface area contributed by atoms with E-state index in [1.165, 1.54) is 25.7 Å². The monoisotopic (exact) mass is 213 g/mol. The minimum Gasteiger partial charge on any atom is -0.393 e. The van der Waals surface area contributed by atoms with E-state index in [0.717, 1.165) is 38.5 Å². The number of aliphatic hydroxyl groups excluding tert-OH is 1. The van der Waals surface area contributed by atoms with Gasteiger partial charge in [0.2, 0.25) is 0 Å². The van der Waals surface area contributed by atoms with Gasteiger partial charge in [0.15, 0.2) is 0 Å². The Labute approximate surface area is 92.2 Å². The van der Waals surface area contributed by atoms with Crippen molar-refractivity contribution in [1.82, 2.24) is 5.32 Å². The van der Waals surface area contributed by atoms with Crippen molar-refractivity contribution >= 4 is 0 Å². The largest absolute Gasteiger partial charge is 0.393 e. The molecule has 3 heteroatoms. The van der Waals surface area contributed by atoms with E-state index in [9.17, 15) is 5.11 Å². The lowest BCUT2D eigenvalue weighted by Gasteiger charge is -2.29. The van der Waals surface area contributed by atoms with Gasteiger partial charge < -0.3 is 15.2 Å². The summed E-state index contributed by atoms with van der Waals surface area (Å²) in [6.07, 6.45) is 6.68. The number of rotatable bonds is 3. The molecule has 1 aliphatic heterocycles. The quantitative estimate of drug-likeness (QED) is 0.742. The normalized spacial score (nSPS) is 34.2. The zero-order valence-corrected chi connectivity index (χ0v) is 9.45. The first-order valence-corrected chi connectivity index (χ1v) is 6.34. The van der Waals surface area contributed by atoms with E-state index in [0.29, 0.717) is 6.04 Å².